The molecule has 0 spiro atoms. The summed E-state index contributed by atoms with van der Waals surface area (Å²) in [5.41, 5.74) is 1.12. The van der Waals surface area contributed by atoms with Crippen LogP contribution in [0.25, 0.3) is 0 Å². The first-order valence-corrected chi connectivity index (χ1v) is 11.3. The molecule has 1 aliphatic rings. The molecule has 3 aromatic carbocycles. The Morgan fingerprint density at radius 1 is 1.00 bits per heavy atom. The normalized spacial score (nSPS) is 12.6. The monoisotopic (exact) mass is 469 g/mol. The Balaban J connectivity index is 1.54. The van der Waals surface area contributed by atoms with Gasteiger partial charge in [-0.3, -0.25) is 19.6 Å². The lowest BCUT2D eigenvalue weighted by molar-refractivity contribution is -0.384. The summed E-state index contributed by atoms with van der Waals surface area (Å²) in [5, 5.41) is 13.6. The van der Waals surface area contributed by atoms with Gasteiger partial charge < -0.3 is 14.8 Å². The van der Waals surface area contributed by atoms with Gasteiger partial charge in [-0.25, -0.2) is 8.42 Å². The number of nitrogens with one attached hydrogen (secondary N) is 2. The van der Waals surface area contributed by atoms with Gasteiger partial charge in [0.15, 0.2) is 11.5 Å². The maximum atomic E-state index is 12.8. The zero-order valence-electron chi connectivity index (χ0n) is 17.4. The van der Waals surface area contributed by atoms with E-state index in [4.69, 9.17) is 9.47 Å². The number of nitro groups is 1. The quantitative estimate of drug-likeness (QED) is 0.414. The van der Waals surface area contributed by atoms with E-state index in [0.29, 0.717) is 30.3 Å². The van der Waals surface area contributed by atoms with Crippen LogP contribution in [0.3, 0.4) is 0 Å². The molecule has 0 bridgehead atoms. The van der Waals surface area contributed by atoms with E-state index >= 15 is 0 Å². The second kappa shape index (κ2) is 8.79. The lowest BCUT2D eigenvalue weighted by atomic mass is 10.1. The van der Waals surface area contributed by atoms with Crippen molar-refractivity contribution in [2.75, 3.05) is 23.3 Å². The minimum Gasteiger partial charge on any atom is -0.486 e. The van der Waals surface area contributed by atoms with E-state index < -0.39 is 20.9 Å². The highest BCUT2D eigenvalue weighted by molar-refractivity contribution is 7.92. The smallest absolute Gasteiger partial charge is 0.271 e. The summed E-state index contributed by atoms with van der Waals surface area (Å²) in [6.45, 7) is 2.42. The summed E-state index contributed by atoms with van der Waals surface area (Å²) in [5.74, 6) is 0.263. The van der Waals surface area contributed by atoms with E-state index in [1.54, 1.807) is 6.92 Å². The second-order valence-electron chi connectivity index (χ2n) is 7.20. The van der Waals surface area contributed by atoms with Crippen LogP contribution in [0, 0.1) is 17.0 Å². The second-order valence-corrected chi connectivity index (χ2v) is 8.88. The fraction of sp³-hybridized carbons (Fsp3) is 0.136. The van der Waals surface area contributed by atoms with Crippen LogP contribution in [0.4, 0.5) is 17.1 Å². The van der Waals surface area contributed by atoms with Gasteiger partial charge in [0.05, 0.1) is 15.5 Å². The molecule has 33 heavy (non-hydrogen) atoms. The zero-order valence-corrected chi connectivity index (χ0v) is 18.2. The van der Waals surface area contributed by atoms with Gasteiger partial charge in [-0.15, -0.1) is 0 Å². The molecule has 0 radical (unpaired) electrons. The molecule has 0 atom stereocenters. The number of rotatable bonds is 6. The minimum atomic E-state index is -3.96. The highest BCUT2D eigenvalue weighted by atomic mass is 32.2. The van der Waals surface area contributed by atoms with E-state index in [1.165, 1.54) is 60.7 Å². The molecule has 2 N–H and O–H groups in total. The fourth-order valence-electron chi connectivity index (χ4n) is 3.18. The van der Waals surface area contributed by atoms with Gasteiger partial charge in [-0.1, -0.05) is 12.1 Å². The van der Waals surface area contributed by atoms with Gasteiger partial charge in [0.2, 0.25) is 0 Å². The van der Waals surface area contributed by atoms with Crippen molar-refractivity contribution in [3.8, 4) is 11.5 Å². The Kier molecular flexibility index (Phi) is 5.88. The van der Waals surface area contributed by atoms with Crippen LogP contribution >= 0.6 is 0 Å². The van der Waals surface area contributed by atoms with E-state index in [1.807, 2.05) is 0 Å². The number of sulfonamides is 1. The highest BCUT2D eigenvalue weighted by Crippen LogP contribution is 2.33. The molecule has 1 amide bonds. The zero-order chi connectivity index (χ0) is 23.6. The summed E-state index contributed by atoms with van der Waals surface area (Å²) in [4.78, 5) is 23.1. The molecule has 170 valence electrons. The number of anilines is 2. The number of aryl methyl sites for hydroxylation is 1. The van der Waals surface area contributed by atoms with Crippen molar-refractivity contribution >= 4 is 33.0 Å². The number of carbonyl (C=O) groups is 1. The Bertz CT molecular complexity index is 1360. The predicted molar refractivity (Wildman–Crippen MR) is 120 cm³/mol. The van der Waals surface area contributed by atoms with Gasteiger partial charge >= 0.3 is 0 Å². The summed E-state index contributed by atoms with van der Waals surface area (Å²) >= 11 is 0. The molecule has 1 aliphatic heterocycles. The molecule has 0 unspecified atom stereocenters. The van der Waals surface area contributed by atoms with Gasteiger partial charge in [0.1, 0.15) is 13.2 Å². The third-order valence-corrected chi connectivity index (χ3v) is 6.26. The van der Waals surface area contributed by atoms with Gasteiger partial charge in [0, 0.05) is 29.4 Å². The first kappa shape index (κ1) is 22.1. The topological polar surface area (TPSA) is 137 Å². The summed E-state index contributed by atoms with van der Waals surface area (Å²) in [7, 11) is -3.96. The van der Waals surface area contributed by atoms with Crippen LogP contribution in [-0.4, -0.2) is 32.5 Å². The number of hydrogen-bond acceptors (Lipinski definition) is 7. The van der Waals surface area contributed by atoms with Gasteiger partial charge in [0.25, 0.3) is 21.6 Å². The standard InChI is InChI=1S/C22H19N3O7S/c1-14-5-6-17(25(27)28)12-19(14)23-22(26)15-3-2-4-16(11-15)24-33(29,30)18-7-8-20-21(13-18)32-10-9-31-20/h2-8,11-13,24H,9-10H2,1H3,(H,23,26). The van der Waals surface area contributed by atoms with E-state index in [0.717, 1.165) is 0 Å². The number of ether oxygens (including phenoxy) is 2. The van der Waals surface area contributed by atoms with Crippen LogP contribution in [0.1, 0.15) is 15.9 Å². The van der Waals surface area contributed by atoms with Gasteiger partial charge in [-0.2, -0.15) is 0 Å². The Hall–Kier alpha value is -4.12. The number of nitro benzene ring substituents is 1. The van der Waals surface area contributed by atoms with Crippen molar-refractivity contribution < 1.29 is 27.6 Å². The Labute approximate surface area is 189 Å². The van der Waals surface area contributed by atoms with E-state index in [-0.39, 0.29) is 27.5 Å². The Morgan fingerprint density at radius 3 is 2.52 bits per heavy atom. The molecule has 4 rings (SSSR count). The number of amides is 1. The average Bonchev–Trinajstić information content (AvgIpc) is 2.80. The molecular formula is C22H19N3O7S. The van der Waals surface area contributed by atoms with Crippen molar-refractivity contribution in [2.24, 2.45) is 0 Å². The molecule has 0 fully saturated rings. The number of fused-ring (bicyclic) bond motifs is 1. The summed E-state index contributed by atoms with van der Waals surface area (Å²) in [6, 6.07) is 14.3. The van der Waals surface area contributed by atoms with Crippen LogP contribution in [0.5, 0.6) is 11.5 Å². The summed E-state index contributed by atoms with van der Waals surface area (Å²) in [6.07, 6.45) is 0. The first-order valence-electron chi connectivity index (χ1n) is 9.82. The van der Waals surface area contributed by atoms with Crippen LogP contribution < -0.4 is 19.5 Å². The Morgan fingerprint density at radius 2 is 1.76 bits per heavy atom. The molecule has 0 saturated carbocycles. The largest absolute Gasteiger partial charge is 0.486 e. The maximum Gasteiger partial charge on any atom is 0.271 e. The summed E-state index contributed by atoms with van der Waals surface area (Å²) < 4.78 is 39.0. The van der Waals surface area contributed by atoms with Crippen molar-refractivity contribution in [3.05, 3.63) is 81.9 Å². The molecule has 0 aromatic heterocycles. The molecule has 0 aliphatic carbocycles. The minimum absolute atomic E-state index is 0.0196. The molecular weight excluding hydrogens is 450 g/mol. The lowest BCUT2D eigenvalue weighted by Crippen LogP contribution is -2.18. The SMILES string of the molecule is Cc1ccc([N+](=O)[O-])cc1NC(=O)c1cccc(NS(=O)(=O)c2ccc3c(c2)OCCO3)c1. The number of non-ortho nitro benzene ring substituents is 1. The van der Waals surface area contributed by atoms with Crippen molar-refractivity contribution in [2.45, 2.75) is 11.8 Å². The third-order valence-electron chi connectivity index (χ3n) is 4.88. The average molecular weight is 469 g/mol. The number of hydrogen-bond donors (Lipinski definition) is 2. The van der Waals surface area contributed by atoms with Crippen molar-refractivity contribution in [1.29, 1.82) is 0 Å². The van der Waals surface area contributed by atoms with Crippen LogP contribution in [0.15, 0.2) is 65.6 Å². The number of benzene rings is 3. The maximum absolute atomic E-state index is 12.8. The number of nitrogens with zero attached hydrogens (tertiary/aromatic N) is 1. The van der Waals surface area contributed by atoms with E-state index in [2.05, 4.69) is 10.0 Å². The highest BCUT2D eigenvalue weighted by Gasteiger charge is 2.20. The first-order chi connectivity index (χ1) is 15.7. The lowest BCUT2D eigenvalue weighted by Gasteiger charge is -2.19. The van der Waals surface area contributed by atoms with Gasteiger partial charge in [-0.05, 0) is 42.8 Å². The third kappa shape index (κ3) is 4.88. The molecule has 1 heterocycles. The van der Waals surface area contributed by atoms with Crippen molar-refractivity contribution in [1.82, 2.24) is 0 Å². The van der Waals surface area contributed by atoms with Crippen LogP contribution in [0.2, 0.25) is 0 Å². The molecule has 0 saturated heterocycles. The van der Waals surface area contributed by atoms with E-state index in [9.17, 15) is 23.3 Å². The number of carbonyl (C=O) groups excluding carboxylic acids is 1. The molecule has 3 aromatic rings. The van der Waals surface area contributed by atoms with Crippen molar-refractivity contribution in [3.63, 3.8) is 0 Å². The van der Waals surface area contributed by atoms with Crippen LogP contribution in [-0.2, 0) is 10.0 Å². The predicted octanol–water partition coefficient (Wildman–Crippen LogP) is 3.73. The molecule has 10 nitrogen and oxygen atoms in total. The fourth-order valence-corrected chi connectivity index (χ4v) is 4.25. The molecule has 11 heteroatoms.